The van der Waals surface area contributed by atoms with E-state index in [1.54, 1.807) is 35.1 Å². The molecule has 0 fully saturated rings. The van der Waals surface area contributed by atoms with Crippen molar-refractivity contribution in [3.05, 3.63) is 102 Å². The number of phenolic OH excluding ortho intramolecular Hbond substituents is 2. The standard InChI is InChI=1S/C13H13N3O.C8H10O.C7H7N3.H2O.Zr/c1-9-6-7-13(17)12(8-9)16-15-11-5-3-2-4-10(11)14;1-6-3-4-8(9)7(2)5-6;1-10-8-6-4-2-3-5-7(6)9-10;;/h2-8,17H,14H2,1H3;3-5,9H,1-2H3;2-5H,1H3;1H2;. The summed E-state index contributed by atoms with van der Waals surface area (Å²) in [5.74, 6) is 0.481. The number of benzene rings is 4. The molecular weight excluding hydrogens is 560 g/mol. The Bertz CT molecular complexity index is 1450. The molecule has 0 spiro atoms. The fraction of sp³-hybridized carbons (Fsp3) is 0.143. The number of nitrogens with zero attached hydrogens (tertiary/aromatic N) is 5. The molecule has 4 aromatic carbocycles. The minimum Gasteiger partial charge on any atom is -0.508 e. The van der Waals surface area contributed by atoms with Crippen LogP contribution in [0, 0.1) is 20.8 Å². The molecule has 1 heterocycles. The van der Waals surface area contributed by atoms with Crippen LogP contribution in [0.2, 0.25) is 0 Å². The molecule has 196 valence electrons. The molecule has 5 rings (SSSR count). The van der Waals surface area contributed by atoms with Crippen molar-refractivity contribution < 1.29 is 41.9 Å². The summed E-state index contributed by atoms with van der Waals surface area (Å²) < 4.78 is 0. The molecule has 6 N–H and O–H groups in total. The van der Waals surface area contributed by atoms with Gasteiger partial charge in [-0.1, -0.05) is 48.0 Å². The van der Waals surface area contributed by atoms with Crippen LogP contribution in [-0.4, -0.2) is 30.7 Å². The normalized spacial score (nSPS) is 9.89. The number of hydrogen-bond acceptors (Lipinski definition) is 7. The van der Waals surface area contributed by atoms with Crippen molar-refractivity contribution in [2.75, 3.05) is 5.73 Å². The van der Waals surface area contributed by atoms with Gasteiger partial charge in [0.2, 0.25) is 0 Å². The second-order valence-corrected chi connectivity index (χ2v) is 8.22. The number of anilines is 1. The molecule has 0 radical (unpaired) electrons. The van der Waals surface area contributed by atoms with Gasteiger partial charge in [0.25, 0.3) is 0 Å². The molecule has 0 unspecified atom stereocenters. The maximum Gasteiger partial charge on any atom is 0.143 e. The van der Waals surface area contributed by atoms with Crippen LogP contribution in [0.4, 0.5) is 17.1 Å². The second-order valence-electron chi connectivity index (χ2n) is 8.22. The minimum atomic E-state index is 0. The number of nitrogen functional groups attached to an aromatic ring is 1. The third-order valence-corrected chi connectivity index (χ3v) is 5.07. The van der Waals surface area contributed by atoms with Gasteiger partial charge < -0.3 is 21.4 Å². The molecular formula is C28H32N6O3Zr. The van der Waals surface area contributed by atoms with Crippen molar-refractivity contribution >= 4 is 28.1 Å². The van der Waals surface area contributed by atoms with E-state index in [1.165, 1.54) is 5.56 Å². The number of phenols is 2. The molecule has 1 aromatic heterocycles. The van der Waals surface area contributed by atoms with Crippen LogP contribution >= 0.6 is 0 Å². The Morgan fingerprint density at radius 3 is 1.74 bits per heavy atom. The van der Waals surface area contributed by atoms with E-state index in [1.807, 2.05) is 82.4 Å². The molecule has 0 bridgehead atoms. The first-order valence-electron chi connectivity index (χ1n) is 11.3. The molecule has 0 aliphatic heterocycles. The minimum absolute atomic E-state index is 0. The third-order valence-electron chi connectivity index (χ3n) is 5.07. The number of nitrogens with two attached hydrogens (primary N) is 1. The Hall–Kier alpha value is -3.88. The van der Waals surface area contributed by atoms with Gasteiger partial charge in [-0.25, -0.2) is 0 Å². The van der Waals surface area contributed by atoms with Crippen LogP contribution in [-0.2, 0) is 33.3 Å². The maximum absolute atomic E-state index is 9.60. The first-order valence-corrected chi connectivity index (χ1v) is 11.3. The van der Waals surface area contributed by atoms with Crippen LogP contribution in [0.5, 0.6) is 11.5 Å². The van der Waals surface area contributed by atoms with Gasteiger partial charge in [-0.15, -0.1) is 10.2 Å². The van der Waals surface area contributed by atoms with Crippen molar-refractivity contribution in [3.8, 4) is 11.5 Å². The number of aromatic nitrogens is 3. The van der Waals surface area contributed by atoms with Crippen molar-refractivity contribution in [2.45, 2.75) is 20.8 Å². The first-order chi connectivity index (χ1) is 17.2. The molecule has 0 saturated heterocycles. The fourth-order valence-corrected chi connectivity index (χ4v) is 3.17. The SMILES string of the molecule is Cc1ccc(O)c(C)c1.Cc1ccc(O)c(N=Nc2ccccc2N)c1.Cn1nc2ccccc2n1.O.[Zr]. The van der Waals surface area contributed by atoms with Crippen molar-refractivity contribution in [1.82, 2.24) is 15.0 Å². The number of rotatable bonds is 2. The van der Waals surface area contributed by atoms with E-state index in [-0.39, 0.29) is 37.4 Å². The Morgan fingerprint density at radius 1 is 0.684 bits per heavy atom. The summed E-state index contributed by atoms with van der Waals surface area (Å²) in [5.41, 5.74) is 12.4. The number of fused-ring (bicyclic) bond motifs is 1. The average Bonchev–Trinajstić information content (AvgIpc) is 3.24. The van der Waals surface area contributed by atoms with Gasteiger partial charge in [0, 0.05) is 33.3 Å². The van der Waals surface area contributed by atoms with E-state index in [0.717, 1.165) is 22.2 Å². The van der Waals surface area contributed by atoms with Gasteiger partial charge >= 0.3 is 0 Å². The molecule has 0 aliphatic rings. The Morgan fingerprint density at radius 2 is 1.18 bits per heavy atom. The predicted molar refractivity (Wildman–Crippen MR) is 148 cm³/mol. The molecule has 0 amide bonds. The zero-order valence-electron chi connectivity index (χ0n) is 21.8. The summed E-state index contributed by atoms with van der Waals surface area (Å²) in [6.07, 6.45) is 0. The molecule has 0 aliphatic carbocycles. The van der Waals surface area contributed by atoms with Crippen LogP contribution in [0.1, 0.15) is 16.7 Å². The number of aryl methyl sites for hydroxylation is 4. The van der Waals surface area contributed by atoms with E-state index in [4.69, 9.17) is 10.8 Å². The van der Waals surface area contributed by atoms with Gasteiger partial charge in [-0.05, 0) is 74.4 Å². The van der Waals surface area contributed by atoms with Gasteiger partial charge in [-0.3, -0.25) is 0 Å². The van der Waals surface area contributed by atoms with Crippen LogP contribution in [0.3, 0.4) is 0 Å². The summed E-state index contributed by atoms with van der Waals surface area (Å²) in [6, 6.07) is 25.7. The van der Waals surface area contributed by atoms with Crippen molar-refractivity contribution in [3.63, 3.8) is 0 Å². The molecule has 5 aromatic rings. The zero-order chi connectivity index (χ0) is 26.1. The molecule has 0 saturated carbocycles. The molecule has 38 heavy (non-hydrogen) atoms. The fourth-order valence-electron chi connectivity index (χ4n) is 3.17. The van der Waals surface area contributed by atoms with Crippen LogP contribution in [0.15, 0.2) is 95.2 Å². The predicted octanol–water partition coefficient (Wildman–Crippen LogP) is 5.85. The van der Waals surface area contributed by atoms with Gasteiger partial charge in [-0.2, -0.15) is 15.0 Å². The number of hydrogen-bond donors (Lipinski definition) is 3. The van der Waals surface area contributed by atoms with E-state index >= 15 is 0 Å². The summed E-state index contributed by atoms with van der Waals surface area (Å²) in [6.45, 7) is 5.82. The van der Waals surface area contributed by atoms with Crippen LogP contribution < -0.4 is 5.73 Å². The Balaban J connectivity index is 0.000000296. The van der Waals surface area contributed by atoms with Gasteiger partial charge in [0.1, 0.15) is 33.9 Å². The van der Waals surface area contributed by atoms with E-state index in [9.17, 15) is 5.11 Å². The zero-order valence-corrected chi connectivity index (χ0v) is 24.2. The summed E-state index contributed by atoms with van der Waals surface area (Å²) in [5, 5.41) is 34.9. The van der Waals surface area contributed by atoms with E-state index in [2.05, 4.69) is 20.4 Å². The second kappa shape index (κ2) is 15.4. The van der Waals surface area contributed by atoms with E-state index in [0.29, 0.717) is 22.8 Å². The monoisotopic (exact) mass is 590 g/mol. The first kappa shape index (κ1) is 32.2. The summed E-state index contributed by atoms with van der Waals surface area (Å²) in [7, 11) is 1.82. The summed E-state index contributed by atoms with van der Waals surface area (Å²) in [4.78, 5) is 1.57. The number of aromatic hydroxyl groups is 2. The summed E-state index contributed by atoms with van der Waals surface area (Å²) >= 11 is 0. The maximum atomic E-state index is 9.60. The van der Waals surface area contributed by atoms with Crippen molar-refractivity contribution in [2.24, 2.45) is 17.3 Å². The largest absolute Gasteiger partial charge is 0.508 e. The van der Waals surface area contributed by atoms with Gasteiger partial charge in [0.05, 0.1) is 5.69 Å². The third kappa shape index (κ3) is 9.54. The Kier molecular flexibility index (Phi) is 13.0. The molecule has 9 nitrogen and oxygen atoms in total. The smallest absolute Gasteiger partial charge is 0.143 e. The number of para-hydroxylation sites is 1. The van der Waals surface area contributed by atoms with Gasteiger partial charge in [0.15, 0.2) is 0 Å². The Labute approximate surface area is 241 Å². The van der Waals surface area contributed by atoms with Crippen LogP contribution in [0.25, 0.3) is 11.0 Å². The molecule has 0 atom stereocenters. The van der Waals surface area contributed by atoms with E-state index < -0.39 is 0 Å². The number of azo groups is 1. The topological polar surface area (TPSA) is 153 Å². The molecule has 10 heteroatoms. The quantitative estimate of drug-likeness (QED) is 0.174. The average molecular weight is 592 g/mol. The van der Waals surface area contributed by atoms with Crippen molar-refractivity contribution in [1.29, 1.82) is 0 Å².